The second kappa shape index (κ2) is 4.24. The summed E-state index contributed by atoms with van der Waals surface area (Å²) in [6.45, 7) is 0. The van der Waals surface area contributed by atoms with Crippen LogP contribution in [0.15, 0.2) is 30.3 Å². The van der Waals surface area contributed by atoms with Gasteiger partial charge in [0.05, 0.1) is 0 Å². The molecule has 1 aromatic rings. The Morgan fingerprint density at radius 1 is 1.00 bits per heavy atom. The van der Waals surface area contributed by atoms with Crippen molar-refractivity contribution in [2.24, 2.45) is 5.92 Å². The van der Waals surface area contributed by atoms with Crippen LogP contribution in [0.25, 0.3) is 6.08 Å². The van der Waals surface area contributed by atoms with E-state index in [0.29, 0.717) is 5.75 Å². The molecule has 2 heterocycles. The Kier molecular flexibility index (Phi) is 2.56. The number of imide groups is 2. The van der Waals surface area contributed by atoms with Crippen LogP contribution in [0.1, 0.15) is 5.56 Å². The number of para-hydroxylation sites is 1. The molecule has 1 saturated heterocycles. The lowest BCUT2D eigenvalue weighted by molar-refractivity contribution is -0.138. The third-order valence-corrected chi connectivity index (χ3v) is 3.01. The molecule has 96 valence electrons. The van der Waals surface area contributed by atoms with Crippen LogP contribution in [-0.4, -0.2) is 23.9 Å². The van der Waals surface area contributed by atoms with Gasteiger partial charge in [-0.25, -0.2) is 4.79 Å². The Hall–Kier alpha value is -2.63. The molecular formula is C13H10N2O4. The van der Waals surface area contributed by atoms with Crippen molar-refractivity contribution in [1.29, 1.82) is 0 Å². The van der Waals surface area contributed by atoms with Gasteiger partial charge in [-0.3, -0.25) is 20.2 Å². The first-order valence-electron chi connectivity index (χ1n) is 5.75. The van der Waals surface area contributed by atoms with Gasteiger partial charge in [-0.15, -0.1) is 0 Å². The monoisotopic (exact) mass is 258 g/mol. The molecule has 1 atom stereocenters. The highest BCUT2D eigenvalue weighted by Gasteiger charge is 2.41. The third-order valence-electron chi connectivity index (χ3n) is 3.01. The molecule has 1 fully saturated rings. The zero-order valence-electron chi connectivity index (χ0n) is 9.75. The summed E-state index contributed by atoms with van der Waals surface area (Å²) in [4.78, 5) is 34.4. The van der Waals surface area contributed by atoms with E-state index in [0.717, 1.165) is 5.56 Å². The van der Waals surface area contributed by atoms with Crippen LogP contribution in [0.5, 0.6) is 5.75 Å². The Labute approximate surface area is 108 Å². The van der Waals surface area contributed by atoms with E-state index in [1.807, 2.05) is 12.1 Å². The van der Waals surface area contributed by atoms with Crippen LogP contribution in [0.4, 0.5) is 4.79 Å². The quantitative estimate of drug-likeness (QED) is 0.716. The molecule has 3 rings (SSSR count). The van der Waals surface area contributed by atoms with E-state index in [1.165, 1.54) is 0 Å². The number of rotatable bonds is 1. The number of nitrogens with one attached hydrogen (secondary N) is 2. The molecule has 6 nitrogen and oxygen atoms in total. The molecular weight excluding hydrogens is 248 g/mol. The highest BCUT2D eigenvalue weighted by Crippen LogP contribution is 2.28. The highest BCUT2D eigenvalue weighted by atomic mass is 16.5. The van der Waals surface area contributed by atoms with Crippen molar-refractivity contribution in [2.75, 3.05) is 0 Å². The first-order chi connectivity index (χ1) is 9.15. The summed E-state index contributed by atoms with van der Waals surface area (Å²) in [7, 11) is 0. The van der Waals surface area contributed by atoms with Crippen LogP contribution in [0, 0.1) is 5.92 Å². The highest BCUT2D eigenvalue weighted by molar-refractivity contribution is 6.16. The number of barbiturate groups is 1. The van der Waals surface area contributed by atoms with Crippen molar-refractivity contribution in [3.8, 4) is 5.75 Å². The number of benzene rings is 1. The molecule has 2 N–H and O–H groups in total. The summed E-state index contributed by atoms with van der Waals surface area (Å²) in [6.07, 6.45) is 2.71. The molecule has 0 aromatic heterocycles. The molecule has 6 heteroatoms. The SMILES string of the molecule is O=C1NC(=O)C(C2C=Cc3ccccc3O2)C(=O)N1. The minimum Gasteiger partial charge on any atom is -0.484 e. The van der Waals surface area contributed by atoms with Gasteiger partial charge in [-0.1, -0.05) is 24.3 Å². The molecule has 1 aromatic carbocycles. The van der Waals surface area contributed by atoms with Crippen molar-refractivity contribution in [2.45, 2.75) is 6.10 Å². The average Bonchev–Trinajstić information content (AvgIpc) is 2.37. The lowest BCUT2D eigenvalue weighted by atomic mass is 9.96. The number of fused-ring (bicyclic) bond motifs is 1. The third kappa shape index (κ3) is 1.97. The van der Waals surface area contributed by atoms with E-state index in [2.05, 4.69) is 10.6 Å². The van der Waals surface area contributed by atoms with Gasteiger partial charge in [0.15, 0.2) is 5.92 Å². The van der Waals surface area contributed by atoms with Crippen molar-refractivity contribution in [3.05, 3.63) is 35.9 Å². The maximum atomic E-state index is 11.7. The Balaban J connectivity index is 1.87. The molecule has 2 aliphatic heterocycles. The van der Waals surface area contributed by atoms with Crippen LogP contribution in [0.3, 0.4) is 0 Å². The molecule has 0 aliphatic carbocycles. The summed E-state index contributed by atoms with van der Waals surface area (Å²) in [5.74, 6) is -1.76. The van der Waals surface area contributed by atoms with Crippen LogP contribution >= 0.6 is 0 Å². The molecule has 1 unspecified atom stereocenters. The minimum atomic E-state index is -1.07. The second-order valence-electron chi connectivity index (χ2n) is 4.26. The predicted octanol–water partition coefficient (Wildman–Crippen LogP) is 0.443. The number of carbonyl (C=O) groups is 3. The summed E-state index contributed by atoms with van der Waals surface area (Å²) in [5.41, 5.74) is 0.881. The van der Waals surface area contributed by atoms with E-state index in [1.54, 1.807) is 24.3 Å². The smallest absolute Gasteiger partial charge is 0.328 e. The molecule has 2 aliphatic rings. The van der Waals surface area contributed by atoms with Crippen molar-refractivity contribution in [3.63, 3.8) is 0 Å². The molecule has 4 amide bonds. The van der Waals surface area contributed by atoms with Gasteiger partial charge in [-0.05, 0) is 12.1 Å². The van der Waals surface area contributed by atoms with Crippen molar-refractivity contribution < 1.29 is 19.1 Å². The van der Waals surface area contributed by atoms with Gasteiger partial charge in [0.25, 0.3) is 0 Å². The molecule has 0 bridgehead atoms. The summed E-state index contributed by atoms with van der Waals surface area (Å²) >= 11 is 0. The fraction of sp³-hybridized carbons (Fsp3) is 0.154. The van der Waals surface area contributed by atoms with E-state index in [9.17, 15) is 14.4 Å². The number of hydrogen-bond acceptors (Lipinski definition) is 4. The lowest BCUT2D eigenvalue weighted by Crippen LogP contribution is -2.59. The topological polar surface area (TPSA) is 84.5 Å². The number of amides is 4. The van der Waals surface area contributed by atoms with Gasteiger partial charge in [-0.2, -0.15) is 0 Å². The van der Waals surface area contributed by atoms with Gasteiger partial charge in [0.1, 0.15) is 11.9 Å². The summed E-state index contributed by atoms with van der Waals surface area (Å²) in [6, 6.07) is 6.50. The Bertz CT molecular complexity index is 588. The van der Waals surface area contributed by atoms with Crippen LogP contribution in [-0.2, 0) is 9.59 Å². The molecule has 0 radical (unpaired) electrons. The Morgan fingerprint density at radius 2 is 1.68 bits per heavy atom. The second-order valence-corrected chi connectivity index (χ2v) is 4.26. The minimum absolute atomic E-state index is 0.604. The van der Waals surface area contributed by atoms with E-state index < -0.39 is 29.9 Å². The standard InChI is InChI=1S/C13H10N2O4/c16-11-10(12(17)15-13(18)14-11)9-6-5-7-3-1-2-4-8(7)19-9/h1-6,9-10H,(H2,14,15,16,17,18). The van der Waals surface area contributed by atoms with Gasteiger partial charge in [0.2, 0.25) is 11.8 Å². The van der Waals surface area contributed by atoms with E-state index in [-0.39, 0.29) is 0 Å². The molecule has 0 spiro atoms. The number of hydrogen-bond donors (Lipinski definition) is 2. The fourth-order valence-electron chi connectivity index (χ4n) is 2.12. The van der Waals surface area contributed by atoms with E-state index in [4.69, 9.17) is 4.74 Å². The van der Waals surface area contributed by atoms with Gasteiger partial charge >= 0.3 is 6.03 Å². The average molecular weight is 258 g/mol. The van der Waals surface area contributed by atoms with Gasteiger partial charge in [0, 0.05) is 5.56 Å². The fourth-order valence-corrected chi connectivity index (χ4v) is 2.12. The van der Waals surface area contributed by atoms with Crippen molar-refractivity contribution >= 4 is 23.9 Å². The zero-order valence-corrected chi connectivity index (χ0v) is 9.75. The van der Waals surface area contributed by atoms with Gasteiger partial charge < -0.3 is 4.74 Å². The number of urea groups is 1. The maximum Gasteiger partial charge on any atom is 0.328 e. The zero-order chi connectivity index (χ0) is 13.4. The van der Waals surface area contributed by atoms with Crippen LogP contribution in [0.2, 0.25) is 0 Å². The number of carbonyl (C=O) groups excluding carboxylic acids is 3. The summed E-state index contributed by atoms with van der Waals surface area (Å²) in [5, 5.41) is 4.11. The van der Waals surface area contributed by atoms with Crippen LogP contribution < -0.4 is 15.4 Å². The summed E-state index contributed by atoms with van der Waals surface area (Å²) < 4.78 is 5.63. The number of ether oxygens (including phenoxy) is 1. The molecule has 0 saturated carbocycles. The largest absolute Gasteiger partial charge is 0.484 e. The lowest BCUT2D eigenvalue weighted by Gasteiger charge is -2.29. The first-order valence-corrected chi connectivity index (χ1v) is 5.75. The maximum absolute atomic E-state index is 11.7. The predicted molar refractivity (Wildman–Crippen MR) is 65.1 cm³/mol. The normalized spacial score (nSPS) is 22.3. The van der Waals surface area contributed by atoms with Crippen molar-refractivity contribution in [1.82, 2.24) is 10.6 Å². The first kappa shape index (κ1) is 11.5. The Morgan fingerprint density at radius 3 is 2.42 bits per heavy atom. The molecule has 19 heavy (non-hydrogen) atoms. The van der Waals surface area contributed by atoms with E-state index >= 15 is 0 Å².